The standard InChI is InChI=1S/C18H22N4O3S/c1-13-10-16(17(23)20-15-8-9-26(24,25)12-15)21-18(19-13)22(2)11-14-6-4-3-5-7-14/h3-7,10,15H,8-9,11-12H2,1-2H3,(H,20,23). The van der Waals surface area contributed by atoms with E-state index in [1.807, 2.05) is 42.3 Å². The third-order valence-electron chi connectivity index (χ3n) is 4.25. The number of nitrogens with zero attached hydrogens (tertiary/aromatic N) is 3. The lowest BCUT2D eigenvalue weighted by Crippen LogP contribution is -2.36. The molecule has 138 valence electrons. The van der Waals surface area contributed by atoms with E-state index >= 15 is 0 Å². The number of hydrogen-bond acceptors (Lipinski definition) is 6. The molecule has 1 fully saturated rings. The first-order valence-electron chi connectivity index (χ1n) is 8.44. The van der Waals surface area contributed by atoms with Crippen LogP contribution in [0.2, 0.25) is 0 Å². The monoisotopic (exact) mass is 374 g/mol. The molecule has 8 heteroatoms. The van der Waals surface area contributed by atoms with Crippen molar-refractivity contribution in [2.45, 2.75) is 25.9 Å². The Labute approximate surface area is 153 Å². The van der Waals surface area contributed by atoms with Crippen LogP contribution in [0.15, 0.2) is 36.4 Å². The molecular formula is C18H22N4O3S. The molecule has 0 saturated carbocycles. The van der Waals surface area contributed by atoms with Gasteiger partial charge in [0.05, 0.1) is 11.5 Å². The lowest BCUT2D eigenvalue weighted by Gasteiger charge is -2.18. The Bertz CT molecular complexity index is 900. The van der Waals surface area contributed by atoms with Crippen molar-refractivity contribution in [3.8, 4) is 0 Å². The fourth-order valence-electron chi connectivity index (χ4n) is 2.94. The molecule has 3 rings (SSSR count). The van der Waals surface area contributed by atoms with Gasteiger partial charge in [-0.25, -0.2) is 18.4 Å². The second-order valence-electron chi connectivity index (χ2n) is 6.61. The lowest BCUT2D eigenvalue weighted by atomic mass is 10.2. The first-order valence-corrected chi connectivity index (χ1v) is 10.3. The van der Waals surface area contributed by atoms with Crippen LogP contribution in [0.3, 0.4) is 0 Å². The summed E-state index contributed by atoms with van der Waals surface area (Å²) in [5.41, 5.74) is 2.04. The Morgan fingerprint density at radius 3 is 2.65 bits per heavy atom. The van der Waals surface area contributed by atoms with E-state index in [1.165, 1.54) is 0 Å². The molecule has 0 aliphatic carbocycles. The zero-order valence-electron chi connectivity index (χ0n) is 14.8. The molecule has 1 saturated heterocycles. The van der Waals surface area contributed by atoms with Gasteiger partial charge in [-0.3, -0.25) is 4.79 Å². The van der Waals surface area contributed by atoms with Crippen molar-refractivity contribution in [2.24, 2.45) is 0 Å². The van der Waals surface area contributed by atoms with Crippen LogP contribution in [-0.2, 0) is 16.4 Å². The molecule has 26 heavy (non-hydrogen) atoms. The highest BCUT2D eigenvalue weighted by atomic mass is 32.2. The van der Waals surface area contributed by atoms with Gasteiger partial charge in [-0.15, -0.1) is 0 Å². The summed E-state index contributed by atoms with van der Waals surface area (Å²) < 4.78 is 23.1. The maximum atomic E-state index is 12.5. The van der Waals surface area contributed by atoms with E-state index in [1.54, 1.807) is 13.0 Å². The van der Waals surface area contributed by atoms with Crippen molar-refractivity contribution >= 4 is 21.7 Å². The fraction of sp³-hybridized carbons (Fsp3) is 0.389. The van der Waals surface area contributed by atoms with Gasteiger partial charge in [0.25, 0.3) is 5.91 Å². The average molecular weight is 374 g/mol. The summed E-state index contributed by atoms with van der Waals surface area (Å²) in [6.07, 6.45) is 0.443. The molecule has 1 aromatic carbocycles. The predicted molar refractivity (Wildman–Crippen MR) is 99.8 cm³/mol. The minimum atomic E-state index is -3.04. The number of rotatable bonds is 5. The third kappa shape index (κ3) is 4.57. The Morgan fingerprint density at radius 1 is 1.27 bits per heavy atom. The number of anilines is 1. The molecule has 1 unspecified atom stereocenters. The number of aryl methyl sites for hydroxylation is 1. The Kier molecular flexibility index (Phi) is 5.22. The normalized spacial score (nSPS) is 18.5. The van der Waals surface area contributed by atoms with Gasteiger partial charge < -0.3 is 10.2 Å². The SMILES string of the molecule is Cc1cc(C(=O)NC2CCS(=O)(=O)C2)nc(N(C)Cc2ccccc2)n1. The van der Waals surface area contributed by atoms with Gasteiger partial charge in [0.1, 0.15) is 5.69 Å². The zero-order valence-corrected chi connectivity index (χ0v) is 15.7. The number of nitrogens with one attached hydrogen (secondary N) is 1. The van der Waals surface area contributed by atoms with Gasteiger partial charge in [-0.1, -0.05) is 30.3 Å². The van der Waals surface area contributed by atoms with Crippen molar-refractivity contribution in [2.75, 3.05) is 23.5 Å². The van der Waals surface area contributed by atoms with E-state index < -0.39 is 9.84 Å². The molecule has 1 atom stereocenters. The molecule has 1 aromatic heterocycles. The van der Waals surface area contributed by atoms with E-state index in [0.29, 0.717) is 24.6 Å². The molecule has 1 aliphatic rings. The van der Waals surface area contributed by atoms with E-state index in [-0.39, 0.29) is 29.1 Å². The maximum Gasteiger partial charge on any atom is 0.270 e. The van der Waals surface area contributed by atoms with Crippen LogP contribution in [0.5, 0.6) is 0 Å². The van der Waals surface area contributed by atoms with Crippen LogP contribution in [0.4, 0.5) is 5.95 Å². The van der Waals surface area contributed by atoms with Crippen LogP contribution < -0.4 is 10.2 Å². The summed E-state index contributed by atoms with van der Waals surface area (Å²) in [7, 11) is -1.18. The highest BCUT2D eigenvalue weighted by Crippen LogP contribution is 2.15. The van der Waals surface area contributed by atoms with Crippen molar-refractivity contribution in [1.29, 1.82) is 0 Å². The quantitative estimate of drug-likeness (QED) is 0.849. The number of benzene rings is 1. The van der Waals surface area contributed by atoms with Gasteiger partial charge in [0.15, 0.2) is 9.84 Å². The Hall–Kier alpha value is -2.48. The summed E-state index contributed by atoms with van der Waals surface area (Å²) in [4.78, 5) is 23.1. The summed E-state index contributed by atoms with van der Waals surface area (Å²) in [6.45, 7) is 2.42. The minimum absolute atomic E-state index is 0.0103. The number of carbonyl (C=O) groups is 1. The molecule has 0 bridgehead atoms. The first kappa shape index (κ1) is 18.3. The molecule has 1 aliphatic heterocycles. The molecule has 1 amide bonds. The molecule has 2 aromatic rings. The van der Waals surface area contributed by atoms with Crippen LogP contribution in [0, 0.1) is 6.92 Å². The van der Waals surface area contributed by atoms with Gasteiger partial charge in [-0.2, -0.15) is 0 Å². The van der Waals surface area contributed by atoms with Crippen LogP contribution >= 0.6 is 0 Å². The van der Waals surface area contributed by atoms with Gasteiger partial charge in [-0.05, 0) is 25.0 Å². The van der Waals surface area contributed by atoms with Crippen LogP contribution in [0.1, 0.15) is 28.2 Å². The largest absolute Gasteiger partial charge is 0.347 e. The van der Waals surface area contributed by atoms with E-state index in [4.69, 9.17) is 0 Å². The van der Waals surface area contributed by atoms with Crippen molar-refractivity contribution in [1.82, 2.24) is 15.3 Å². The van der Waals surface area contributed by atoms with Crippen molar-refractivity contribution in [3.05, 3.63) is 53.3 Å². The smallest absolute Gasteiger partial charge is 0.270 e. The number of aromatic nitrogens is 2. The third-order valence-corrected chi connectivity index (χ3v) is 6.01. The number of amides is 1. The number of carbonyl (C=O) groups excluding carboxylic acids is 1. The molecule has 7 nitrogen and oxygen atoms in total. The topological polar surface area (TPSA) is 92.3 Å². The highest BCUT2D eigenvalue weighted by Gasteiger charge is 2.29. The molecule has 0 spiro atoms. The van der Waals surface area contributed by atoms with E-state index in [2.05, 4.69) is 15.3 Å². The van der Waals surface area contributed by atoms with Gasteiger partial charge >= 0.3 is 0 Å². The van der Waals surface area contributed by atoms with Crippen molar-refractivity contribution < 1.29 is 13.2 Å². The Balaban J connectivity index is 1.73. The van der Waals surface area contributed by atoms with Crippen LogP contribution in [0.25, 0.3) is 0 Å². The number of hydrogen-bond donors (Lipinski definition) is 1. The first-order chi connectivity index (χ1) is 12.3. The molecule has 2 heterocycles. The van der Waals surface area contributed by atoms with Gasteiger partial charge in [0.2, 0.25) is 5.95 Å². The van der Waals surface area contributed by atoms with Gasteiger partial charge in [0, 0.05) is 25.3 Å². The highest BCUT2D eigenvalue weighted by molar-refractivity contribution is 7.91. The van der Waals surface area contributed by atoms with Crippen molar-refractivity contribution in [3.63, 3.8) is 0 Å². The average Bonchev–Trinajstić information content (AvgIpc) is 2.93. The summed E-state index contributed by atoms with van der Waals surface area (Å²) in [5.74, 6) is 0.195. The molecular weight excluding hydrogens is 352 g/mol. The fourth-order valence-corrected chi connectivity index (χ4v) is 4.61. The minimum Gasteiger partial charge on any atom is -0.347 e. The molecule has 1 N–H and O–H groups in total. The molecule has 0 radical (unpaired) electrons. The van der Waals surface area contributed by atoms with Crippen LogP contribution in [-0.4, -0.2) is 48.9 Å². The summed E-state index contributed by atoms with van der Waals surface area (Å²) in [5, 5.41) is 2.77. The summed E-state index contributed by atoms with van der Waals surface area (Å²) >= 11 is 0. The maximum absolute atomic E-state index is 12.5. The number of sulfone groups is 1. The lowest BCUT2D eigenvalue weighted by molar-refractivity contribution is 0.0936. The van der Waals surface area contributed by atoms with E-state index in [9.17, 15) is 13.2 Å². The second-order valence-corrected chi connectivity index (χ2v) is 8.84. The van der Waals surface area contributed by atoms with E-state index in [0.717, 1.165) is 5.56 Å². The predicted octanol–water partition coefficient (Wildman–Crippen LogP) is 1.34. The Morgan fingerprint density at radius 2 is 2.00 bits per heavy atom. The second kappa shape index (κ2) is 7.41. The zero-order chi connectivity index (χ0) is 18.7. The summed E-state index contributed by atoms with van der Waals surface area (Å²) in [6, 6.07) is 11.2.